The van der Waals surface area contributed by atoms with Crippen LogP contribution in [0, 0.1) is 5.92 Å². The summed E-state index contributed by atoms with van der Waals surface area (Å²) in [6.45, 7) is 5.69. The molecule has 0 radical (unpaired) electrons. The fraction of sp³-hybridized carbons (Fsp3) is 0.588. The summed E-state index contributed by atoms with van der Waals surface area (Å²) in [5.74, 6) is 1.96. The predicted molar refractivity (Wildman–Crippen MR) is 91.4 cm³/mol. The highest BCUT2D eigenvalue weighted by molar-refractivity contribution is 5.85. The summed E-state index contributed by atoms with van der Waals surface area (Å²) in [6.07, 6.45) is 1.76. The van der Waals surface area contributed by atoms with Crippen molar-refractivity contribution >= 4 is 18.3 Å². The van der Waals surface area contributed by atoms with E-state index in [9.17, 15) is 4.79 Å². The van der Waals surface area contributed by atoms with Crippen molar-refractivity contribution in [1.82, 2.24) is 10.2 Å². The Morgan fingerprint density at radius 2 is 1.96 bits per heavy atom. The number of benzene rings is 1. The Balaban J connectivity index is 0.00000192. The molecule has 1 unspecified atom stereocenters. The van der Waals surface area contributed by atoms with Crippen molar-refractivity contribution in [2.75, 3.05) is 32.8 Å². The number of ether oxygens (including phenoxy) is 2. The average molecular weight is 341 g/mol. The lowest BCUT2D eigenvalue weighted by atomic mass is 9.96. The van der Waals surface area contributed by atoms with Gasteiger partial charge in [-0.05, 0) is 45.0 Å². The van der Waals surface area contributed by atoms with Crippen LogP contribution in [0.4, 0.5) is 0 Å². The maximum atomic E-state index is 12.7. The summed E-state index contributed by atoms with van der Waals surface area (Å²) in [6, 6.07) is 7.68. The first-order valence-electron chi connectivity index (χ1n) is 8.16. The summed E-state index contributed by atoms with van der Waals surface area (Å²) in [5.41, 5.74) is 0. The Morgan fingerprint density at radius 1 is 1.26 bits per heavy atom. The summed E-state index contributed by atoms with van der Waals surface area (Å²) in [7, 11) is 0. The van der Waals surface area contributed by atoms with E-state index in [1.807, 2.05) is 36.1 Å². The SMILES string of the molecule is CCN(CC1COc2ccccc2O1)C(=O)C1CCNCC1.Cl. The van der Waals surface area contributed by atoms with Crippen molar-refractivity contribution in [3.05, 3.63) is 24.3 Å². The molecule has 0 aliphatic carbocycles. The van der Waals surface area contributed by atoms with Gasteiger partial charge in [0.05, 0.1) is 6.54 Å². The molecule has 1 aromatic rings. The molecular weight excluding hydrogens is 316 g/mol. The molecule has 2 heterocycles. The lowest BCUT2D eigenvalue weighted by molar-refractivity contribution is -0.137. The number of likely N-dealkylation sites (N-methyl/N-ethyl adjacent to an activating group) is 1. The first-order valence-corrected chi connectivity index (χ1v) is 8.16. The maximum Gasteiger partial charge on any atom is 0.225 e. The molecule has 128 valence electrons. The van der Waals surface area contributed by atoms with E-state index in [1.54, 1.807) is 0 Å². The molecule has 1 saturated heterocycles. The largest absolute Gasteiger partial charge is 0.486 e. The summed E-state index contributed by atoms with van der Waals surface area (Å²) in [5, 5.41) is 3.30. The fourth-order valence-corrected chi connectivity index (χ4v) is 3.10. The quantitative estimate of drug-likeness (QED) is 0.912. The molecule has 0 spiro atoms. The van der Waals surface area contributed by atoms with Crippen LogP contribution in [0.1, 0.15) is 19.8 Å². The van der Waals surface area contributed by atoms with Crippen LogP contribution in [0.2, 0.25) is 0 Å². The molecule has 1 N–H and O–H groups in total. The van der Waals surface area contributed by atoms with Crippen LogP contribution in [0.25, 0.3) is 0 Å². The highest BCUT2D eigenvalue weighted by Crippen LogP contribution is 2.31. The minimum absolute atomic E-state index is 0. The number of amides is 1. The normalized spacial score (nSPS) is 20.5. The van der Waals surface area contributed by atoms with Gasteiger partial charge in [-0.15, -0.1) is 12.4 Å². The highest BCUT2D eigenvalue weighted by atomic mass is 35.5. The second kappa shape index (κ2) is 8.41. The van der Waals surface area contributed by atoms with E-state index in [0.29, 0.717) is 19.7 Å². The molecule has 6 heteroatoms. The fourth-order valence-electron chi connectivity index (χ4n) is 3.10. The van der Waals surface area contributed by atoms with Crippen LogP contribution in [0.15, 0.2) is 24.3 Å². The number of carbonyl (C=O) groups excluding carboxylic acids is 1. The van der Waals surface area contributed by atoms with Gasteiger partial charge in [-0.3, -0.25) is 4.79 Å². The minimum Gasteiger partial charge on any atom is -0.486 e. The monoisotopic (exact) mass is 340 g/mol. The van der Waals surface area contributed by atoms with Crippen molar-refractivity contribution in [1.29, 1.82) is 0 Å². The van der Waals surface area contributed by atoms with Gasteiger partial charge in [-0.25, -0.2) is 0 Å². The van der Waals surface area contributed by atoms with Crippen LogP contribution < -0.4 is 14.8 Å². The molecular formula is C17H25ClN2O3. The molecule has 2 aliphatic heterocycles. The van der Waals surface area contributed by atoms with Crippen LogP contribution in [-0.4, -0.2) is 49.7 Å². The van der Waals surface area contributed by atoms with Crippen molar-refractivity contribution in [2.24, 2.45) is 5.92 Å². The van der Waals surface area contributed by atoms with Crippen LogP contribution in [0.3, 0.4) is 0 Å². The summed E-state index contributed by atoms with van der Waals surface area (Å²) >= 11 is 0. The summed E-state index contributed by atoms with van der Waals surface area (Å²) < 4.78 is 11.7. The van der Waals surface area contributed by atoms with E-state index in [2.05, 4.69) is 5.32 Å². The van der Waals surface area contributed by atoms with Crippen LogP contribution in [0.5, 0.6) is 11.5 Å². The Kier molecular flexibility index (Phi) is 6.54. The number of piperidine rings is 1. The van der Waals surface area contributed by atoms with Gasteiger partial charge in [0.2, 0.25) is 5.91 Å². The Morgan fingerprint density at radius 3 is 2.65 bits per heavy atom. The minimum atomic E-state index is -0.0967. The first kappa shape index (κ1) is 17.9. The predicted octanol–water partition coefficient (Wildman–Crippen LogP) is 2.10. The molecule has 0 saturated carbocycles. The van der Waals surface area contributed by atoms with Crippen LogP contribution >= 0.6 is 12.4 Å². The number of hydrogen-bond acceptors (Lipinski definition) is 4. The molecule has 5 nitrogen and oxygen atoms in total. The number of rotatable bonds is 4. The smallest absolute Gasteiger partial charge is 0.225 e. The third-order valence-corrected chi connectivity index (χ3v) is 4.37. The first-order chi connectivity index (χ1) is 10.8. The number of carbonyl (C=O) groups is 1. The molecule has 1 amide bonds. The lowest BCUT2D eigenvalue weighted by Crippen LogP contribution is -2.47. The van der Waals surface area contributed by atoms with E-state index >= 15 is 0 Å². The Bertz CT molecular complexity index is 520. The zero-order valence-electron chi connectivity index (χ0n) is 13.5. The third-order valence-electron chi connectivity index (χ3n) is 4.37. The number of fused-ring (bicyclic) bond motifs is 1. The molecule has 2 aliphatic rings. The van der Waals surface area contributed by atoms with Gasteiger partial charge >= 0.3 is 0 Å². The second-order valence-corrected chi connectivity index (χ2v) is 5.90. The number of nitrogens with zero attached hydrogens (tertiary/aromatic N) is 1. The topological polar surface area (TPSA) is 50.8 Å². The Labute approximate surface area is 143 Å². The average Bonchev–Trinajstić information content (AvgIpc) is 2.59. The zero-order valence-corrected chi connectivity index (χ0v) is 14.3. The molecule has 3 rings (SSSR count). The Hall–Kier alpha value is -1.46. The van der Waals surface area contributed by atoms with E-state index in [4.69, 9.17) is 9.47 Å². The second-order valence-electron chi connectivity index (χ2n) is 5.90. The van der Waals surface area contributed by atoms with Gasteiger partial charge in [0.1, 0.15) is 6.61 Å². The number of halogens is 1. The van der Waals surface area contributed by atoms with Crippen LogP contribution in [-0.2, 0) is 4.79 Å². The lowest BCUT2D eigenvalue weighted by Gasteiger charge is -2.33. The van der Waals surface area contributed by atoms with E-state index in [0.717, 1.165) is 37.4 Å². The highest BCUT2D eigenvalue weighted by Gasteiger charge is 2.29. The number of hydrogen-bond donors (Lipinski definition) is 1. The van der Waals surface area contributed by atoms with Gasteiger partial charge in [-0.1, -0.05) is 12.1 Å². The molecule has 1 atom stereocenters. The van der Waals surface area contributed by atoms with Crippen molar-refractivity contribution in [3.63, 3.8) is 0 Å². The van der Waals surface area contributed by atoms with E-state index < -0.39 is 0 Å². The van der Waals surface area contributed by atoms with E-state index in [-0.39, 0.29) is 30.3 Å². The molecule has 0 aromatic heterocycles. The van der Waals surface area contributed by atoms with E-state index in [1.165, 1.54) is 0 Å². The molecule has 1 aromatic carbocycles. The molecule has 23 heavy (non-hydrogen) atoms. The van der Waals surface area contributed by atoms with Gasteiger partial charge in [0, 0.05) is 12.5 Å². The maximum absolute atomic E-state index is 12.7. The third kappa shape index (κ3) is 4.30. The molecule has 1 fully saturated rings. The van der Waals surface area contributed by atoms with Gasteiger partial charge in [-0.2, -0.15) is 0 Å². The summed E-state index contributed by atoms with van der Waals surface area (Å²) in [4.78, 5) is 14.6. The van der Waals surface area contributed by atoms with Crippen molar-refractivity contribution < 1.29 is 14.3 Å². The van der Waals surface area contributed by atoms with Crippen molar-refractivity contribution in [2.45, 2.75) is 25.9 Å². The van der Waals surface area contributed by atoms with Gasteiger partial charge in [0.25, 0.3) is 0 Å². The number of para-hydroxylation sites is 2. The standard InChI is InChI=1S/C17H24N2O3.ClH/c1-2-19(17(20)13-7-9-18-10-8-13)11-14-12-21-15-5-3-4-6-16(15)22-14;/h3-6,13-14,18H,2,7-12H2,1H3;1H. The molecule has 0 bridgehead atoms. The van der Waals surface area contributed by atoms with Gasteiger partial charge < -0.3 is 19.7 Å². The van der Waals surface area contributed by atoms with Gasteiger partial charge in [0.15, 0.2) is 17.6 Å². The number of nitrogens with one attached hydrogen (secondary N) is 1. The van der Waals surface area contributed by atoms with Crippen molar-refractivity contribution in [3.8, 4) is 11.5 Å². The zero-order chi connectivity index (χ0) is 15.4.